The molecule has 0 aliphatic heterocycles. The van der Waals surface area contributed by atoms with Crippen LogP contribution in [-0.2, 0) is 0 Å². The van der Waals surface area contributed by atoms with Gasteiger partial charge in [0.05, 0.1) is 11.1 Å². The summed E-state index contributed by atoms with van der Waals surface area (Å²) < 4.78 is 8.44. The second-order valence-corrected chi connectivity index (χ2v) is 8.09. The van der Waals surface area contributed by atoms with Crippen LogP contribution in [0, 0.1) is 6.92 Å². The summed E-state index contributed by atoms with van der Waals surface area (Å²) in [6, 6.07) is 28.4. The Labute approximate surface area is 188 Å². The summed E-state index contributed by atoms with van der Waals surface area (Å²) >= 11 is 0. The van der Waals surface area contributed by atoms with Crippen molar-refractivity contribution in [1.29, 1.82) is 0 Å². The number of rotatable bonds is 2. The first-order valence-corrected chi connectivity index (χ1v) is 10.8. The Morgan fingerprint density at radius 2 is 1.52 bits per heavy atom. The number of nitrogens with zero attached hydrogens (tertiary/aromatic N) is 5. The average Bonchev–Trinajstić information content (AvgIpc) is 3.42. The van der Waals surface area contributed by atoms with Crippen molar-refractivity contribution in [3.63, 3.8) is 0 Å². The smallest absolute Gasteiger partial charge is 0.227 e. The van der Waals surface area contributed by atoms with Gasteiger partial charge in [0.1, 0.15) is 11.1 Å². The Hall–Kier alpha value is -4.58. The Kier molecular flexibility index (Phi) is 3.67. The average molecular weight is 427 g/mol. The summed E-state index contributed by atoms with van der Waals surface area (Å²) in [5.41, 5.74) is 6.53. The van der Waals surface area contributed by atoms with Gasteiger partial charge in [-0.05, 0) is 43.3 Å². The van der Waals surface area contributed by atoms with Crippen molar-refractivity contribution in [1.82, 2.24) is 24.7 Å². The molecule has 0 atom stereocenters. The molecule has 0 fully saturated rings. The molecule has 0 amide bonds. The fourth-order valence-electron chi connectivity index (χ4n) is 4.54. The van der Waals surface area contributed by atoms with Crippen LogP contribution in [0.5, 0.6) is 0 Å². The number of aromatic nitrogens is 5. The summed E-state index contributed by atoms with van der Waals surface area (Å²) in [5, 5.41) is 11.9. The molecule has 7 rings (SSSR count). The standard InChI is InChI=1S/C27H17N5O/c1-16-14-15-19-18-11-7-12-21(24(18)33-27(19)28-16)26-29-25-23(32(26)17-8-3-2-4-9-17)20-10-5-6-13-22(20)30-31-25/h2-15H,1H3. The molecule has 0 aliphatic rings. The third-order valence-electron chi connectivity index (χ3n) is 6.03. The molecule has 33 heavy (non-hydrogen) atoms. The van der Waals surface area contributed by atoms with E-state index in [0.29, 0.717) is 11.4 Å². The van der Waals surface area contributed by atoms with Crippen LogP contribution >= 0.6 is 0 Å². The maximum Gasteiger partial charge on any atom is 0.227 e. The van der Waals surface area contributed by atoms with Crippen LogP contribution in [-0.4, -0.2) is 24.7 Å². The molecular formula is C27H17N5O. The Balaban J connectivity index is 1.64. The summed E-state index contributed by atoms with van der Waals surface area (Å²) in [6.45, 7) is 1.96. The minimum Gasteiger partial charge on any atom is -0.437 e. The lowest BCUT2D eigenvalue weighted by molar-refractivity contribution is 0.653. The van der Waals surface area contributed by atoms with E-state index in [1.807, 2.05) is 61.5 Å². The van der Waals surface area contributed by atoms with E-state index in [4.69, 9.17) is 9.40 Å². The molecule has 0 bridgehead atoms. The molecule has 0 saturated carbocycles. The van der Waals surface area contributed by atoms with Gasteiger partial charge in [-0.15, -0.1) is 10.2 Å². The fourth-order valence-corrected chi connectivity index (χ4v) is 4.54. The van der Waals surface area contributed by atoms with Crippen molar-refractivity contribution >= 4 is 44.1 Å². The second kappa shape index (κ2) is 6.71. The van der Waals surface area contributed by atoms with Gasteiger partial charge in [0, 0.05) is 27.5 Å². The van der Waals surface area contributed by atoms with E-state index < -0.39 is 0 Å². The highest BCUT2D eigenvalue weighted by molar-refractivity contribution is 6.09. The summed E-state index contributed by atoms with van der Waals surface area (Å²) in [7, 11) is 0. The molecule has 0 aliphatic carbocycles. The van der Waals surface area contributed by atoms with Crippen LogP contribution < -0.4 is 0 Å². The van der Waals surface area contributed by atoms with E-state index in [1.165, 1.54) is 0 Å². The molecular weight excluding hydrogens is 410 g/mol. The number of imidazole rings is 1. The minimum atomic E-state index is 0.592. The van der Waals surface area contributed by atoms with Gasteiger partial charge in [-0.2, -0.15) is 0 Å². The van der Waals surface area contributed by atoms with Gasteiger partial charge < -0.3 is 4.42 Å². The minimum absolute atomic E-state index is 0.592. The van der Waals surface area contributed by atoms with Crippen LogP contribution in [0.3, 0.4) is 0 Å². The van der Waals surface area contributed by atoms with Gasteiger partial charge in [0.15, 0.2) is 5.82 Å². The number of furan rings is 1. The van der Waals surface area contributed by atoms with E-state index in [0.717, 1.165) is 55.5 Å². The molecule has 4 heterocycles. The molecule has 0 unspecified atom stereocenters. The lowest BCUT2D eigenvalue weighted by Crippen LogP contribution is -1.98. The second-order valence-electron chi connectivity index (χ2n) is 8.09. The van der Waals surface area contributed by atoms with Crippen LogP contribution in [0.1, 0.15) is 5.69 Å². The number of hydrogen-bond donors (Lipinski definition) is 0. The molecule has 7 aromatic rings. The highest BCUT2D eigenvalue weighted by atomic mass is 16.3. The third kappa shape index (κ3) is 2.61. The van der Waals surface area contributed by atoms with Gasteiger partial charge in [0.2, 0.25) is 11.4 Å². The quantitative estimate of drug-likeness (QED) is 0.327. The zero-order valence-electron chi connectivity index (χ0n) is 17.7. The zero-order chi connectivity index (χ0) is 21.9. The van der Waals surface area contributed by atoms with Crippen molar-refractivity contribution in [3.05, 3.63) is 90.6 Å². The Bertz CT molecular complexity index is 1830. The molecule has 0 spiro atoms. The predicted molar refractivity (Wildman–Crippen MR) is 129 cm³/mol. The maximum atomic E-state index is 6.29. The molecule has 0 radical (unpaired) electrons. The predicted octanol–water partition coefficient (Wildman–Crippen LogP) is 6.24. The normalized spacial score (nSPS) is 11.8. The number of benzene rings is 3. The topological polar surface area (TPSA) is 69.6 Å². The highest BCUT2D eigenvalue weighted by Gasteiger charge is 2.22. The lowest BCUT2D eigenvalue weighted by atomic mass is 10.1. The van der Waals surface area contributed by atoms with Crippen molar-refractivity contribution in [3.8, 4) is 17.1 Å². The van der Waals surface area contributed by atoms with Crippen LogP contribution in [0.4, 0.5) is 0 Å². The van der Waals surface area contributed by atoms with Gasteiger partial charge >= 0.3 is 0 Å². The van der Waals surface area contributed by atoms with Crippen LogP contribution in [0.15, 0.2) is 89.3 Å². The van der Waals surface area contributed by atoms with Crippen molar-refractivity contribution < 1.29 is 4.42 Å². The van der Waals surface area contributed by atoms with E-state index >= 15 is 0 Å². The molecule has 6 nitrogen and oxygen atoms in total. The van der Waals surface area contributed by atoms with Crippen molar-refractivity contribution in [2.75, 3.05) is 0 Å². The van der Waals surface area contributed by atoms with Crippen molar-refractivity contribution in [2.45, 2.75) is 6.92 Å². The molecule has 6 heteroatoms. The Morgan fingerprint density at radius 3 is 2.42 bits per heavy atom. The van der Waals surface area contributed by atoms with Crippen LogP contribution in [0.25, 0.3) is 61.2 Å². The van der Waals surface area contributed by atoms with E-state index in [9.17, 15) is 0 Å². The van der Waals surface area contributed by atoms with Gasteiger partial charge in [0.25, 0.3) is 0 Å². The van der Waals surface area contributed by atoms with Gasteiger partial charge in [-0.1, -0.05) is 48.5 Å². The lowest BCUT2D eigenvalue weighted by Gasteiger charge is -2.10. The largest absolute Gasteiger partial charge is 0.437 e. The molecule has 0 saturated heterocycles. The SMILES string of the molecule is Cc1ccc2c(n1)oc1c(-c3nc4nnc5ccccc5c4n3-c3ccccc3)cccc12. The van der Waals surface area contributed by atoms with E-state index in [2.05, 4.69) is 50.1 Å². The first-order chi connectivity index (χ1) is 16.3. The first kappa shape index (κ1) is 18.0. The van der Waals surface area contributed by atoms with E-state index in [-0.39, 0.29) is 0 Å². The summed E-state index contributed by atoms with van der Waals surface area (Å²) in [4.78, 5) is 9.55. The molecule has 0 N–H and O–H groups in total. The monoisotopic (exact) mass is 427 g/mol. The molecule has 4 aromatic heterocycles. The third-order valence-corrected chi connectivity index (χ3v) is 6.03. The van der Waals surface area contributed by atoms with Gasteiger partial charge in [-0.25, -0.2) is 9.97 Å². The summed E-state index contributed by atoms with van der Waals surface area (Å²) in [6.07, 6.45) is 0. The Morgan fingerprint density at radius 1 is 0.697 bits per heavy atom. The number of aryl methyl sites for hydroxylation is 1. The number of para-hydroxylation sites is 2. The fraction of sp³-hybridized carbons (Fsp3) is 0.0370. The number of hydrogen-bond acceptors (Lipinski definition) is 5. The maximum absolute atomic E-state index is 6.29. The number of pyridine rings is 1. The zero-order valence-corrected chi connectivity index (χ0v) is 17.7. The van der Waals surface area contributed by atoms with Crippen molar-refractivity contribution in [2.24, 2.45) is 0 Å². The van der Waals surface area contributed by atoms with E-state index in [1.54, 1.807) is 0 Å². The highest BCUT2D eigenvalue weighted by Crippen LogP contribution is 2.38. The first-order valence-electron chi connectivity index (χ1n) is 10.8. The van der Waals surface area contributed by atoms with Gasteiger partial charge in [-0.3, -0.25) is 4.57 Å². The summed E-state index contributed by atoms with van der Waals surface area (Å²) in [5.74, 6) is 0.753. The number of fused-ring (bicyclic) bond motifs is 6. The van der Waals surface area contributed by atoms with Crippen LogP contribution in [0.2, 0.25) is 0 Å². The molecule has 156 valence electrons. The molecule has 3 aromatic carbocycles.